The molecule has 0 bridgehead atoms. The summed E-state index contributed by atoms with van der Waals surface area (Å²) < 4.78 is 13.2. The summed E-state index contributed by atoms with van der Waals surface area (Å²) in [5, 5.41) is 0. The summed E-state index contributed by atoms with van der Waals surface area (Å²) in [4.78, 5) is 17.5. The number of nitrogens with zero attached hydrogens (tertiary/aromatic N) is 2. The van der Waals surface area contributed by atoms with Crippen LogP contribution in [0, 0.1) is 5.82 Å². The van der Waals surface area contributed by atoms with E-state index in [1.807, 2.05) is 0 Å². The lowest BCUT2D eigenvalue weighted by molar-refractivity contribution is 0.0993. The number of hydrogen-bond donors (Lipinski definition) is 2. The number of nitrogens with one attached hydrogen (secondary N) is 1. The van der Waals surface area contributed by atoms with E-state index in [-0.39, 0.29) is 5.91 Å². The molecule has 19 heavy (non-hydrogen) atoms. The molecule has 0 radical (unpaired) electrons. The van der Waals surface area contributed by atoms with Crippen LogP contribution in [0.4, 0.5) is 15.8 Å². The van der Waals surface area contributed by atoms with Crippen LogP contribution in [0.15, 0.2) is 42.7 Å². The lowest BCUT2D eigenvalue weighted by Gasteiger charge is -2.18. The van der Waals surface area contributed by atoms with E-state index >= 15 is 0 Å². The van der Waals surface area contributed by atoms with E-state index in [2.05, 4.69) is 10.4 Å². The predicted molar refractivity (Wildman–Crippen MR) is 71.2 cm³/mol. The van der Waals surface area contributed by atoms with E-state index in [0.717, 1.165) is 0 Å². The van der Waals surface area contributed by atoms with Crippen molar-refractivity contribution in [2.45, 2.75) is 0 Å². The molecule has 3 N–H and O–H groups in total. The van der Waals surface area contributed by atoms with Crippen LogP contribution in [0.1, 0.15) is 10.4 Å². The smallest absolute Gasteiger partial charge is 0.261 e. The van der Waals surface area contributed by atoms with E-state index in [9.17, 15) is 9.18 Å². The second-order valence-electron chi connectivity index (χ2n) is 3.91. The number of anilines is 2. The van der Waals surface area contributed by atoms with Gasteiger partial charge in [-0.2, -0.15) is 0 Å². The van der Waals surface area contributed by atoms with Gasteiger partial charge < -0.3 is 10.3 Å². The summed E-state index contributed by atoms with van der Waals surface area (Å²) in [5.41, 5.74) is 3.67. The molecular weight excluding hydrogens is 247 g/mol. The van der Waals surface area contributed by atoms with Crippen LogP contribution < -0.4 is 16.2 Å². The van der Waals surface area contributed by atoms with Gasteiger partial charge in [-0.25, -0.2) is 4.39 Å². The van der Waals surface area contributed by atoms with Gasteiger partial charge in [0.15, 0.2) is 0 Å². The van der Waals surface area contributed by atoms with Crippen molar-refractivity contribution >= 4 is 17.3 Å². The van der Waals surface area contributed by atoms with Gasteiger partial charge in [0.25, 0.3) is 5.91 Å². The molecule has 1 heterocycles. The normalized spacial score (nSPS) is 10.1. The Kier molecular flexibility index (Phi) is 3.72. The molecule has 98 valence electrons. The van der Waals surface area contributed by atoms with Gasteiger partial charge in [-0.3, -0.25) is 15.6 Å². The van der Waals surface area contributed by atoms with Crippen molar-refractivity contribution in [3.8, 4) is 0 Å². The van der Waals surface area contributed by atoms with Gasteiger partial charge in [-0.15, -0.1) is 0 Å². The molecule has 6 heteroatoms. The number of rotatable bonds is 3. The van der Waals surface area contributed by atoms with Gasteiger partial charge >= 0.3 is 0 Å². The Morgan fingerprint density at radius 3 is 2.89 bits per heavy atom. The molecule has 2 rings (SSSR count). The third kappa shape index (κ3) is 2.69. The minimum atomic E-state index is -0.402. The number of pyridine rings is 1. The first-order valence-electron chi connectivity index (χ1n) is 5.57. The Morgan fingerprint density at radius 2 is 2.21 bits per heavy atom. The molecule has 0 atom stereocenters. The van der Waals surface area contributed by atoms with Gasteiger partial charge in [0, 0.05) is 25.1 Å². The molecule has 5 nitrogen and oxygen atoms in total. The van der Waals surface area contributed by atoms with Crippen LogP contribution in [0.3, 0.4) is 0 Å². The average molecular weight is 260 g/mol. The number of hydrazine groups is 1. The van der Waals surface area contributed by atoms with Crippen molar-refractivity contribution in [1.29, 1.82) is 0 Å². The number of nitrogen functional groups attached to an aromatic ring is 1. The molecular formula is C13H13FN4O. The molecule has 2 aromatic rings. The fraction of sp³-hybridized carbons (Fsp3) is 0.0769. The molecule has 0 aliphatic heterocycles. The zero-order valence-corrected chi connectivity index (χ0v) is 10.3. The highest BCUT2D eigenvalue weighted by atomic mass is 19.1. The van der Waals surface area contributed by atoms with Crippen molar-refractivity contribution in [3.05, 3.63) is 54.1 Å². The van der Waals surface area contributed by atoms with Crippen molar-refractivity contribution in [2.24, 2.45) is 5.84 Å². The Balaban J connectivity index is 2.33. The molecule has 0 saturated heterocycles. The second-order valence-corrected chi connectivity index (χ2v) is 3.91. The van der Waals surface area contributed by atoms with Crippen molar-refractivity contribution in [2.75, 3.05) is 17.4 Å². The fourth-order valence-corrected chi connectivity index (χ4v) is 1.67. The third-order valence-electron chi connectivity index (χ3n) is 2.71. The van der Waals surface area contributed by atoms with Crippen LogP contribution in [0.5, 0.6) is 0 Å². The molecule has 0 aliphatic carbocycles. The molecule has 0 saturated carbocycles. The van der Waals surface area contributed by atoms with E-state index in [1.165, 1.54) is 29.4 Å². The maximum Gasteiger partial charge on any atom is 0.261 e. The van der Waals surface area contributed by atoms with Crippen LogP contribution in [0.25, 0.3) is 0 Å². The van der Waals surface area contributed by atoms with Crippen LogP contribution in [-0.2, 0) is 0 Å². The quantitative estimate of drug-likeness (QED) is 0.652. The molecule has 1 amide bonds. The maximum absolute atomic E-state index is 13.2. The average Bonchev–Trinajstić information content (AvgIpc) is 2.45. The third-order valence-corrected chi connectivity index (χ3v) is 2.71. The Morgan fingerprint density at radius 1 is 1.42 bits per heavy atom. The number of benzene rings is 1. The summed E-state index contributed by atoms with van der Waals surface area (Å²) in [6.45, 7) is 0. The Hall–Kier alpha value is -2.47. The van der Waals surface area contributed by atoms with Crippen LogP contribution in [-0.4, -0.2) is 17.9 Å². The van der Waals surface area contributed by atoms with Crippen molar-refractivity contribution in [1.82, 2.24) is 4.98 Å². The van der Waals surface area contributed by atoms with Gasteiger partial charge in [-0.05, 0) is 24.3 Å². The SMILES string of the molecule is CN(C(=O)c1cnccc1NN)c1cccc(F)c1. The highest BCUT2D eigenvalue weighted by Gasteiger charge is 2.17. The summed E-state index contributed by atoms with van der Waals surface area (Å²) in [7, 11) is 1.56. The zero-order valence-electron chi connectivity index (χ0n) is 10.3. The number of hydrogen-bond acceptors (Lipinski definition) is 4. The number of carbonyl (C=O) groups excluding carboxylic acids is 1. The number of halogens is 1. The highest BCUT2D eigenvalue weighted by Crippen LogP contribution is 2.19. The number of nitrogens with two attached hydrogens (primary N) is 1. The first kappa shape index (κ1) is 13.0. The molecule has 0 fully saturated rings. The van der Waals surface area contributed by atoms with E-state index in [0.29, 0.717) is 16.9 Å². The topological polar surface area (TPSA) is 71.2 Å². The summed E-state index contributed by atoms with van der Waals surface area (Å²) in [6, 6.07) is 7.38. The predicted octanol–water partition coefficient (Wildman–Crippen LogP) is 1.78. The highest BCUT2D eigenvalue weighted by molar-refractivity contribution is 6.08. The van der Waals surface area contributed by atoms with Gasteiger partial charge in [-0.1, -0.05) is 6.07 Å². The maximum atomic E-state index is 13.2. The number of aromatic nitrogens is 1. The molecule has 1 aromatic heterocycles. The monoisotopic (exact) mass is 260 g/mol. The standard InChI is InChI=1S/C13H13FN4O/c1-18(10-4-2-3-9(14)7-10)13(19)11-8-16-6-5-12(11)17-15/h2-8H,15H2,1H3,(H,16,17). The molecule has 0 aliphatic rings. The van der Waals surface area contributed by atoms with E-state index < -0.39 is 5.82 Å². The van der Waals surface area contributed by atoms with E-state index in [4.69, 9.17) is 5.84 Å². The Bertz CT molecular complexity index is 603. The van der Waals surface area contributed by atoms with Crippen molar-refractivity contribution in [3.63, 3.8) is 0 Å². The largest absolute Gasteiger partial charge is 0.323 e. The van der Waals surface area contributed by atoms with Gasteiger partial charge in [0.05, 0.1) is 11.3 Å². The lowest BCUT2D eigenvalue weighted by Crippen LogP contribution is -2.28. The summed E-state index contributed by atoms with van der Waals surface area (Å²) in [6.07, 6.45) is 2.93. The second kappa shape index (κ2) is 5.45. The summed E-state index contributed by atoms with van der Waals surface area (Å²) in [5.74, 6) is 4.61. The zero-order chi connectivity index (χ0) is 13.8. The molecule has 0 spiro atoms. The first-order chi connectivity index (χ1) is 9.13. The minimum Gasteiger partial charge on any atom is -0.323 e. The molecule has 1 aromatic carbocycles. The molecule has 0 unspecified atom stereocenters. The number of amides is 1. The van der Waals surface area contributed by atoms with Gasteiger partial charge in [0.2, 0.25) is 0 Å². The minimum absolute atomic E-state index is 0.316. The van der Waals surface area contributed by atoms with Crippen LogP contribution >= 0.6 is 0 Å². The van der Waals surface area contributed by atoms with Crippen molar-refractivity contribution < 1.29 is 9.18 Å². The first-order valence-corrected chi connectivity index (χ1v) is 5.57. The number of carbonyl (C=O) groups is 1. The van der Waals surface area contributed by atoms with E-state index in [1.54, 1.807) is 25.2 Å². The van der Waals surface area contributed by atoms with Gasteiger partial charge in [0.1, 0.15) is 5.82 Å². The fourth-order valence-electron chi connectivity index (χ4n) is 1.67. The lowest BCUT2D eigenvalue weighted by atomic mass is 10.2. The van der Waals surface area contributed by atoms with Crippen LogP contribution in [0.2, 0.25) is 0 Å². The Labute approximate surface area is 109 Å². The summed E-state index contributed by atoms with van der Waals surface area (Å²) >= 11 is 0.